The molecule has 2 aromatic carbocycles. The minimum atomic E-state index is -0.444. The maximum absolute atomic E-state index is 13.1. The van der Waals surface area contributed by atoms with E-state index in [2.05, 4.69) is 34.3 Å². The summed E-state index contributed by atoms with van der Waals surface area (Å²) in [4.78, 5) is 35.6. The summed E-state index contributed by atoms with van der Waals surface area (Å²) in [7, 11) is 0. The molecule has 3 heterocycles. The number of rotatable bonds is 5. The molecule has 0 unspecified atom stereocenters. The zero-order chi connectivity index (χ0) is 24.8. The number of benzene rings is 2. The van der Waals surface area contributed by atoms with Crippen molar-refractivity contribution in [3.63, 3.8) is 0 Å². The summed E-state index contributed by atoms with van der Waals surface area (Å²) in [6.45, 7) is 10.3. The number of anilines is 1. The van der Waals surface area contributed by atoms with Gasteiger partial charge in [0.15, 0.2) is 11.2 Å². The van der Waals surface area contributed by atoms with Gasteiger partial charge in [0.25, 0.3) is 5.56 Å². The number of aromatic nitrogens is 4. The summed E-state index contributed by atoms with van der Waals surface area (Å²) in [6, 6.07) is 17.9. The van der Waals surface area contributed by atoms with Crippen LogP contribution in [0.4, 0.5) is 5.95 Å². The molecule has 1 aliphatic rings. The Morgan fingerprint density at radius 1 is 0.886 bits per heavy atom. The molecule has 1 fully saturated rings. The zero-order valence-electron chi connectivity index (χ0n) is 20.8. The fourth-order valence-electron chi connectivity index (χ4n) is 4.47. The zero-order valence-corrected chi connectivity index (χ0v) is 20.8. The van der Waals surface area contributed by atoms with Gasteiger partial charge in [0.05, 0.1) is 13.1 Å². The molecule has 1 aliphatic heterocycles. The fourth-order valence-corrected chi connectivity index (χ4v) is 4.47. The second kappa shape index (κ2) is 11.2. The van der Waals surface area contributed by atoms with E-state index in [1.165, 1.54) is 0 Å². The quantitative estimate of drug-likeness (QED) is 0.464. The smallest absolute Gasteiger partial charge is 0.330 e. The molecule has 8 heteroatoms. The summed E-state index contributed by atoms with van der Waals surface area (Å²) < 4.78 is 3.54. The maximum Gasteiger partial charge on any atom is 0.330 e. The van der Waals surface area contributed by atoms with E-state index in [0.29, 0.717) is 24.3 Å². The minimum Gasteiger partial charge on any atom is -0.341 e. The van der Waals surface area contributed by atoms with E-state index < -0.39 is 11.2 Å². The van der Waals surface area contributed by atoms with Crippen LogP contribution in [-0.2, 0) is 13.1 Å². The Morgan fingerprint density at radius 2 is 1.63 bits per heavy atom. The van der Waals surface area contributed by atoms with Crippen molar-refractivity contribution in [1.29, 1.82) is 0 Å². The number of hydrogen-bond donors (Lipinski definition) is 2. The van der Waals surface area contributed by atoms with Crippen molar-refractivity contribution in [2.75, 3.05) is 31.1 Å². The van der Waals surface area contributed by atoms with Crippen molar-refractivity contribution >= 4 is 17.1 Å². The van der Waals surface area contributed by atoms with Crippen LogP contribution in [0.2, 0.25) is 0 Å². The van der Waals surface area contributed by atoms with Crippen LogP contribution in [0.1, 0.15) is 37.0 Å². The third-order valence-corrected chi connectivity index (χ3v) is 6.26. The van der Waals surface area contributed by atoms with Crippen LogP contribution in [0.5, 0.6) is 0 Å². The molecule has 5 rings (SSSR count). The van der Waals surface area contributed by atoms with Gasteiger partial charge in [0.1, 0.15) is 0 Å². The molecule has 0 spiro atoms. The lowest BCUT2D eigenvalue weighted by atomic mass is 10.1. The Balaban J connectivity index is 0.00000141. The first-order valence-corrected chi connectivity index (χ1v) is 12.4. The van der Waals surface area contributed by atoms with Gasteiger partial charge in [-0.15, -0.1) is 0 Å². The Labute approximate surface area is 205 Å². The molecule has 0 bridgehead atoms. The Kier molecular flexibility index (Phi) is 7.82. The molecule has 2 aromatic heterocycles. The molecule has 2 N–H and O–H groups in total. The monoisotopic (exact) mass is 474 g/mol. The van der Waals surface area contributed by atoms with Gasteiger partial charge in [0, 0.05) is 19.6 Å². The van der Waals surface area contributed by atoms with Gasteiger partial charge < -0.3 is 10.2 Å². The lowest BCUT2D eigenvalue weighted by Crippen LogP contribution is -2.32. The van der Waals surface area contributed by atoms with E-state index in [-0.39, 0.29) is 0 Å². The number of fused-ring (bicyclic) bond motifs is 1. The first-order valence-electron chi connectivity index (χ1n) is 12.4. The van der Waals surface area contributed by atoms with E-state index >= 15 is 0 Å². The fraction of sp³-hybridized carbons (Fsp3) is 0.370. The molecule has 4 aromatic rings. The van der Waals surface area contributed by atoms with Crippen molar-refractivity contribution in [3.05, 3.63) is 92.1 Å². The second-order valence-electron chi connectivity index (χ2n) is 8.52. The maximum atomic E-state index is 13.1. The molecule has 0 radical (unpaired) electrons. The highest BCUT2D eigenvalue weighted by atomic mass is 16.2. The average molecular weight is 475 g/mol. The van der Waals surface area contributed by atoms with Crippen LogP contribution in [0.15, 0.2) is 64.2 Å². The molecule has 0 saturated carbocycles. The van der Waals surface area contributed by atoms with Crippen LogP contribution in [0.3, 0.4) is 0 Å². The predicted molar refractivity (Wildman–Crippen MR) is 141 cm³/mol. The SMILES string of the molecule is CC.Cc1ccccc1Cn1c(N2CCCNCC2)nc2c1c(=O)[nH]c(=O)n2Cc1ccccc1. The molecule has 35 heavy (non-hydrogen) atoms. The van der Waals surface area contributed by atoms with Gasteiger partial charge in [-0.2, -0.15) is 4.98 Å². The first-order chi connectivity index (χ1) is 17.1. The molecule has 0 aliphatic carbocycles. The van der Waals surface area contributed by atoms with Crippen molar-refractivity contribution in [3.8, 4) is 0 Å². The highest BCUT2D eigenvalue weighted by Gasteiger charge is 2.23. The molecular formula is C27H34N6O2. The average Bonchev–Trinajstić information content (AvgIpc) is 3.04. The summed E-state index contributed by atoms with van der Waals surface area (Å²) in [5, 5.41) is 3.42. The molecular weight excluding hydrogens is 440 g/mol. The van der Waals surface area contributed by atoms with E-state index in [1.807, 2.05) is 60.9 Å². The van der Waals surface area contributed by atoms with Gasteiger partial charge in [-0.05, 0) is 36.6 Å². The van der Waals surface area contributed by atoms with Crippen LogP contribution < -0.4 is 21.5 Å². The number of H-pyrrole nitrogens is 1. The second-order valence-corrected chi connectivity index (χ2v) is 8.52. The van der Waals surface area contributed by atoms with Crippen molar-refractivity contribution in [1.82, 2.24) is 24.4 Å². The molecule has 1 saturated heterocycles. The van der Waals surface area contributed by atoms with Crippen LogP contribution in [-0.4, -0.2) is 45.3 Å². The predicted octanol–water partition coefficient (Wildman–Crippen LogP) is 3.12. The topological polar surface area (TPSA) is 88.0 Å². The van der Waals surface area contributed by atoms with Gasteiger partial charge in [0.2, 0.25) is 5.95 Å². The summed E-state index contributed by atoms with van der Waals surface area (Å²) in [5.41, 5.74) is 3.25. The summed E-state index contributed by atoms with van der Waals surface area (Å²) in [6.07, 6.45) is 0.987. The van der Waals surface area contributed by atoms with Crippen molar-refractivity contribution in [2.24, 2.45) is 0 Å². The largest absolute Gasteiger partial charge is 0.341 e. The molecule has 0 atom stereocenters. The summed E-state index contributed by atoms with van der Waals surface area (Å²) in [5.74, 6) is 0.731. The number of nitrogens with zero attached hydrogens (tertiary/aromatic N) is 4. The number of aromatic amines is 1. The van der Waals surface area contributed by atoms with Crippen LogP contribution >= 0.6 is 0 Å². The first kappa shape index (κ1) is 24.5. The van der Waals surface area contributed by atoms with E-state index in [0.717, 1.165) is 55.2 Å². The van der Waals surface area contributed by atoms with E-state index in [1.54, 1.807) is 4.57 Å². The third kappa shape index (κ3) is 5.22. The molecule has 184 valence electrons. The van der Waals surface area contributed by atoms with Crippen LogP contribution in [0, 0.1) is 6.92 Å². The number of imidazole rings is 1. The molecule has 0 amide bonds. The number of aryl methyl sites for hydroxylation is 1. The Bertz CT molecular complexity index is 1380. The van der Waals surface area contributed by atoms with E-state index in [4.69, 9.17) is 4.98 Å². The molecule has 8 nitrogen and oxygen atoms in total. The summed E-state index contributed by atoms with van der Waals surface area (Å²) >= 11 is 0. The van der Waals surface area contributed by atoms with Crippen LogP contribution in [0.25, 0.3) is 11.2 Å². The highest BCUT2D eigenvalue weighted by Crippen LogP contribution is 2.23. The van der Waals surface area contributed by atoms with Gasteiger partial charge >= 0.3 is 5.69 Å². The van der Waals surface area contributed by atoms with Gasteiger partial charge in [-0.25, -0.2) is 4.79 Å². The number of nitrogens with one attached hydrogen (secondary N) is 2. The van der Waals surface area contributed by atoms with Crippen molar-refractivity contribution < 1.29 is 0 Å². The normalized spacial score (nSPS) is 13.9. The Morgan fingerprint density at radius 3 is 2.40 bits per heavy atom. The minimum absolute atomic E-state index is 0.343. The lowest BCUT2D eigenvalue weighted by molar-refractivity contribution is 0.720. The van der Waals surface area contributed by atoms with Gasteiger partial charge in [-0.3, -0.25) is 18.9 Å². The highest BCUT2D eigenvalue weighted by molar-refractivity contribution is 5.75. The lowest BCUT2D eigenvalue weighted by Gasteiger charge is -2.22. The standard InChI is InChI=1S/C25H28N6O2.C2H6/c1-18-8-5-6-11-20(18)17-30-21-22(27-24(30)29-14-7-12-26-13-15-29)31(25(33)28-23(21)32)16-19-9-3-2-4-10-19;1-2/h2-6,8-11,26H,7,12-17H2,1H3,(H,28,32,33);1-2H3. The third-order valence-electron chi connectivity index (χ3n) is 6.26. The number of hydrogen-bond acceptors (Lipinski definition) is 5. The van der Waals surface area contributed by atoms with E-state index in [9.17, 15) is 9.59 Å². The van der Waals surface area contributed by atoms with Gasteiger partial charge in [-0.1, -0.05) is 68.4 Å². The Hall–Kier alpha value is -3.65. The van der Waals surface area contributed by atoms with Crippen molar-refractivity contribution in [2.45, 2.75) is 40.3 Å².